The SMILES string of the molecule is CCOc1c([N+](=O)[O-])ccc(Oc2ccc([N+](=O)[O-])c(OCC)c2-c2ccc(Cl)cc2Cl)c1-c1ccc(Cl)cc1Cl. The lowest BCUT2D eigenvalue weighted by Crippen LogP contribution is -2.04. The normalized spacial score (nSPS) is 10.8. The Labute approximate surface area is 254 Å². The molecule has 4 aromatic carbocycles. The van der Waals surface area contributed by atoms with Crippen LogP contribution in [0, 0.1) is 20.2 Å². The van der Waals surface area contributed by atoms with Crippen LogP contribution >= 0.6 is 46.4 Å². The fourth-order valence-electron chi connectivity index (χ4n) is 4.16. The number of hydrogen-bond acceptors (Lipinski definition) is 7. The van der Waals surface area contributed by atoms with Gasteiger partial charge < -0.3 is 14.2 Å². The number of halogens is 4. The molecule has 0 spiro atoms. The number of ether oxygens (including phenoxy) is 3. The summed E-state index contributed by atoms with van der Waals surface area (Å²) in [5.74, 6) is 0.0336. The van der Waals surface area contributed by atoms with Crippen molar-refractivity contribution in [2.45, 2.75) is 13.8 Å². The molecule has 4 rings (SSSR count). The highest BCUT2D eigenvalue weighted by Gasteiger charge is 2.30. The smallest absolute Gasteiger partial charge is 0.311 e. The summed E-state index contributed by atoms with van der Waals surface area (Å²) < 4.78 is 17.9. The maximum absolute atomic E-state index is 11.9. The van der Waals surface area contributed by atoms with Crippen LogP contribution in [0.5, 0.6) is 23.0 Å². The summed E-state index contributed by atoms with van der Waals surface area (Å²) in [7, 11) is 0. The van der Waals surface area contributed by atoms with Gasteiger partial charge in [-0.05, 0) is 50.2 Å². The molecule has 0 aliphatic heterocycles. The van der Waals surface area contributed by atoms with Crippen LogP contribution in [0.2, 0.25) is 20.1 Å². The second-order valence-electron chi connectivity index (χ2n) is 8.30. The van der Waals surface area contributed by atoms with Gasteiger partial charge in [0.15, 0.2) is 0 Å². The van der Waals surface area contributed by atoms with E-state index in [9.17, 15) is 20.2 Å². The molecule has 0 saturated carbocycles. The molecule has 0 atom stereocenters. The van der Waals surface area contributed by atoms with Gasteiger partial charge in [0.05, 0.1) is 44.2 Å². The molecule has 0 saturated heterocycles. The van der Waals surface area contributed by atoms with Crippen LogP contribution < -0.4 is 14.2 Å². The zero-order valence-corrected chi connectivity index (χ0v) is 24.5. The summed E-state index contributed by atoms with van der Waals surface area (Å²) in [6, 6.07) is 14.5. The largest absolute Gasteiger partial charge is 0.487 e. The van der Waals surface area contributed by atoms with Crippen molar-refractivity contribution in [3.63, 3.8) is 0 Å². The maximum Gasteiger partial charge on any atom is 0.311 e. The van der Waals surface area contributed by atoms with Gasteiger partial charge >= 0.3 is 11.4 Å². The molecule has 0 N–H and O–H groups in total. The van der Waals surface area contributed by atoms with Crippen molar-refractivity contribution in [3.05, 3.63) is 101 Å². The molecule has 0 unspecified atom stereocenters. The first kappa shape index (κ1) is 30.2. The van der Waals surface area contributed by atoms with Crippen LogP contribution in [0.15, 0.2) is 60.7 Å². The van der Waals surface area contributed by atoms with E-state index in [4.69, 9.17) is 60.6 Å². The van der Waals surface area contributed by atoms with Crippen LogP contribution in [-0.2, 0) is 0 Å². The van der Waals surface area contributed by atoms with E-state index < -0.39 is 9.85 Å². The standard InChI is InChI=1S/C28H20Cl4N2O7/c1-3-39-27-21(33(35)36)9-11-23(25(27)17-7-5-15(29)13-19(17)31)41-24-12-10-22(34(37)38)28(40-4-2)26(24)18-8-6-16(30)14-20(18)32/h5-14H,3-4H2,1-2H3. The molecule has 0 aromatic heterocycles. The average Bonchev–Trinajstić information content (AvgIpc) is 2.90. The minimum atomic E-state index is -0.583. The van der Waals surface area contributed by atoms with E-state index in [-0.39, 0.29) is 68.8 Å². The molecule has 13 heteroatoms. The molecule has 0 aliphatic carbocycles. The van der Waals surface area contributed by atoms with Crippen LogP contribution in [0.25, 0.3) is 22.3 Å². The van der Waals surface area contributed by atoms with E-state index in [1.54, 1.807) is 38.1 Å². The molecule has 0 fully saturated rings. The molecule has 0 bridgehead atoms. The van der Waals surface area contributed by atoms with Crippen LogP contribution in [0.4, 0.5) is 11.4 Å². The second-order valence-corrected chi connectivity index (χ2v) is 9.99. The monoisotopic (exact) mass is 636 g/mol. The predicted octanol–water partition coefficient (Wildman–Crippen LogP) is 10.0. The Bertz CT molecular complexity index is 1540. The molecule has 41 heavy (non-hydrogen) atoms. The topological polar surface area (TPSA) is 114 Å². The Morgan fingerprint density at radius 2 is 1.02 bits per heavy atom. The quantitative estimate of drug-likeness (QED) is 0.125. The third kappa shape index (κ3) is 6.28. The third-order valence-electron chi connectivity index (χ3n) is 5.79. The van der Waals surface area contributed by atoms with E-state index >= 15 is 0 Å². The van der Waals surface area contributed by atoms with Gasteiger partial charge in [-0.15, -0.1) is 0 Å². The molecule has 0 radical (unpaired) electrons. The van der Waals surface area contributed by atoms with Crippen molar-refractivity contribution < 1.29 is 24.1 Å². The Kier molecular flexibility index (Phi) is 9.45. The van der Waals surface area contributed by atoms with E-state index in [2.05, 4.69) is 0 Å². The second kappa shape index (κ2) is 12.8. The molecule has 212 valence electrons. The average molecular weight is 638 g/mol. The van der Waals surface area contributed by atoms with E-state index in [1.807, 2.05) is 0 Å². The third-order valence-corrected chi connectivity index (χ3v) is 6.88. The maximum atomic E-state index is 11.9. The van der Waals surface area contributed by atoms with Crippen molar-refractivity contribution in [2.75, 3.05) is 13.2 Å². The summed E-state index contributed by atoms with van der Waals surface area (Å²) in [6.45, 7) is 3.55. The Morgan fingerprint density at radius 1 is 0.634 bits per heavy atom. The van der Waals surface area contributed by atoms with Crippen molar-refractivity contribution in [3.8, 4) is 45.3 Å². The molecular weight excluding hydrogens is 618 g/mol. The first-order valence-corrected chi connectivity index (χ1v) is 13.6. The van der Waals surface area contributed by atoms with Gasteiger partial charge in [-0.25, -0.2) is 0 Å². The van der Waals surface area contributed by atoms with Gasteiger partial charge in [-0.1, -0.05) is 58.5 Å². The van der Waals surface area contributed by atoms with Crippen molar-refractivity contribution in [1.82, 2.24) is 0 Å². The fourth-order valence-corrected chi connectivity index (χ4v) is 5.16. The lowest BCUT2D eigenvalue weighted by molar-refractivity contribution is -0.385. The van der Waals surface area contributed by atoms with Crippen LogP contribution in [0.1, 0.15) is 13.8 Å². The summed E-state index contributed by atoms with van der Waals surface area (Å²) in [6.07, 6.45) is 0. The van der Waals surface area contributed by atoms with E-state index in [1.165, 1.54) is 36.4 Å². The minimum absolute atomic E-state index is 0.0859. The van der Waals surface area contributed by atoms with Crippen molar-refractivity contribution in [2.24, 2.45) is 0 Å². The fraction of sp³-hybridized carbons (Fsp3) is 0.143. The molecule has 0 aliphatic rings. The number of rotatable bonds is 10. The highest BCUT2D eigenvalue weighted by molar-refractivity contribution is 6.37. The summed E-state index contributed by atoms with van der Waals surface area (Å²) >= 11 is 25.3. The lowest BCUT2D eigenvalue weighted by atomic mass is 10.0. The number of benzene rings is 4. The van der Waals surface area contributed by atoms with Gasteiger partial charge in [0.25, 0.3) is 0 Å². The zero-order chi connectivity index (χ0) is 29.8. The predicted molar refractivity (Wildman–Crippen MR) is 160 cm³/mol. The Hall–Kier alpha value is -3.76. The van der Waals surface area contributed by atoms with Gasteiger partial charge in [0.2, 0.25) is 11.5 Å². The number of nitrogens with zero attached hydrogens (tertiary/aromatic N) is 2. The summed E-state index contributed by atoms with van der Waals surface area (Å²) in [5.41, 5.74) is 0.395. The minimum Gasteiger partial charge on any atom is -0.487 e. The van der Waals surface area contributed by atoms with E-state index in [0.29, 0.717) is 21.2 Å². The summed E-state index contributed by atoms with van der Waals surface area (Å²) in [5, 5.41) is 24.9. The molecule has 0 amide bonds. The van der Waals surface area contributed by atoms with Crippen LogP contribution in [-0.4, -0.2) is 23.1 Å². The lowest BCUT2D eigenvalue weighted by Gasteiger charge is -2.20. The summed E-state index contributed by atoms with van der Waals surface area (Å²) in [4.78, 5) is 22.7. The van der Waals surface area contributed by atoms with Gasteiger partial charge in [-0.3, -0.25) is 20.2 Å². The number of hydrogen-bond donors (Lipinski definition) is 0. The highest BCUT2D eigenvalue weighted by atomic mass is 35.5. The molecule has 9 nitrogen and oxygen atoms in total. The zero-order valence-electron chi connectivity index (χ0n) is 21.5. The first-order valence-electron chi connectivity index (χ1n) is 12.0. The number of nitro benzene ring substituents is 2. The molecular formula is C28H20Cl4N2O7. The first-order chi connectivity index (χ1) is 19.6. The van der Waals surface area contributed by atoms with E-state index in [0.717, 1.165) is 0 Å². The van der Waals surface area contributed by atoms with Gasteiger partial charge in [0.1, 0.15) is 11.5 Å². The molecule has 4 aromatic rings. The van der Waals surface area contributed by atoms with Gasteiger partial charge in [-0.2, -0.15) is 0 Å². The van der Waals surface area contributed by atoms with Crippen LogP contribution in [0.3, 0.4) is 0 Å². The van der Waals surface area contributed by atoms with Crippen molar-refractivity contribution in [1.29, 1.82) is 0 Å². The molecule has 0 heterocycles. The Morgan fingerprint density at radius 3 is 1.34 bits per heavy atom. The van der Waals surface area contributed by atoms with Gasteiger partial charge in [0, 0.05) is 33.3 Å². The number of nitro groups is 2. The Balaban J connectivity index is 2.06. The van der Waals surface area contributed by atoms with Crippen molar-refractivity contribution >= 4 is 57.8 Å². The highest BCUT2D eigenvalue weighted by Crippen LogP contribution is 2.52.